The summed E-state index contributed by atoms with van der Waals surface area (Å²) in [4.78, 5) is 51.2. The highest BCUT2D eigenvalue weighted by Gasteiger charge is 2.50. The van der Waals surface area contributed by atoms with E-state index in [1.54, 1.807) is 0 Å². The van der Waals surface area contributed by atoms with Crippen molar-refractivity contribution in [1.29, 1.82) is 0 Å². The molecule has 1 heterocycles. The molecule has 12 nitrogen and oxygen atoms in total. The number of carboxylic acid groups (broad SMARTS) is 1. The lowest BCUT2D eigenvalue weighted by atomic mass is 9.98. The maximum absolute atomic E-state index is 13.2. The van der Waals surface area contributed by atoms with E-state index >= 15 is 0 Å². The van der Waals surface area contributed by atoms with Crippen LogP contribution in [0, 0.1) is 0 Å². The molecule has 0 spiro atoms. The Labute approximate surface area is 471 Å². The van der Waals surface area contributed by atoms with Crippen LogP contribution in [0.1, 0.15) is 329 Å². The minimum Gasteiger partial charge on any atom is -0.479 e. The molecule has 0 bridgehead atoms. The second-order valence-electron chi connectivity index (χ2n) is 22.8. The van der Waals surface area contributed by atoms with Gasteiger partial charge in [-0.25, -0.2) is 4.79 Å². The van der Waals surface area contributed by atoms with E-state index in [2.05, 4.69) is 32.9 Å². The van der Waals surface area contributed by atoms with Gasteiger partial charge in [-0.3, -0.25) is 14.4 Å². The Balaban J connectivity index is 2.62. The molecular weight excluding hydrogens is 973 g/mol. The van der Waals surface area contributed by atoms with Gasteiger partial charge < -0.3 is 39.0 Å². The molecule has 6 atom stereocenters. The van der Waals surface area contributed by atoms with Crippen LogP contribution in [-0.2, 0) is 42.9 Å². The number of aliphatic carboxylic acids is 1. The van der Waals surface area contributed by atoms with Crippen LogP contribution >= 0.6 is 0 Å². The zero-order valence-corrected chi connectivity index (χ0v) is 50.0. The van der Waals surface area contributed by atoms with E-state index in [0.717, 1.165) is 77.0 Å². The molecule has 0 amide bonds. The van der Waals surface area contributed by atoms with Crippen molar-refractivity contribution in [1.82, 2.24) is 0 Å². The molecule has 1 aliphatic rings. The first kappa shape index (κ1) is 72.5. The Morgan fingerprint density at radius 2 is 0.740 bits per heavy atom. The fraction of sp³-hybridized carbons (Fsp3) is 0.908. The van der Waals surface area contributed by atoms with E-state index in [1.807, 2.05) is 0 Å². The standard InChI is InChI=1S/C65H120O12/c1-4-7-10-13-16-19-22-24-26-28-29-31-32-34-37-39-42-45-48-51-57(66)73-54-56(75-58(67)52-49-46-43-41-38-35-33-30-27-25-23-20-17-14-11-8-5-2)55-74-65-63(61(70)60(69)62(77-65)64(71)72)76-59(68)53-50-47-44-40-36-21-18-15-12-9-6-3/h25,27,56,60-63,65,69-70H,4-24,26,28-55H2,1-3H3,(H,71,72)/b27-25-. The molecule has 3 N–H and O–H groups in total. The number of carbonyl (C=O) groups excluding carboxylic acids is 3. The van der Waals surface area contributed by atoms with Gasteiger partial charge in [0.25, 0.3) is 0 Å². The molecule has 0 saturated carbocycles. The smallest absolute Gasteiger partial charge is 0.335 e. The van der Waals surface area contributed by atoms with Crippen LogP contribution in [-0.4, -0.2) is 89.2 Å². The molecule has 12 heteroatoms. The lowest BCUT2D eigenvalue weighted by molar-refractivity contribution is -0.301. The molecule has 0 aromatic rings. The van der Waals surface area contributed by atoms with Crippen LogP contribution in [0.2, 0.25) is 0 Å². The lowest BCUT2D eigenvalue weighted by Gasteiger charge is -2.40. The molecule has 1 saturated heterocycles. The number of aliphatic hydroxyl groups is 2. The van der Waals surface area contributed by atoms with Crippen molar-refractivity contribution in [2.45, 2.75) is 366 Å². The summed E-state index contributed by atoms with van der Waals surface area (Å²) < 4.78 is 28.5. The van der Waals surface area contributed by atoms with Crippen LogP contribution in [0.5, 0.6) is 0 Å². The third kappa shape index (κ3) is 43.9. The summed E-state index contributed by atoms with van der Waals surface area (Å²) >= 11 is 0. The van der Waals surface area contributed by atoms with Gasteiger partial charge in [-0.2, -0.15) is 0 Å². The number of hydrogen-bond acceptors (Lipinski definition) is 11. The number of rotatable bonds is 57. The molecule has 452 valence electrons. The average molecular weight is 1090 g/mol. The summed E-state index contributed by atoms with van der Waals surface area (Å²) in [6.07, 6.45) is 49.0. The minimum absolute atomic E-state index is 0.0676. The van der Waals surface area contributed by atoms with E-state index < -0.39 is 67.3 Å². The third-order valence-electron chi connectivity index (χ3n) is 15.3. The highest BCUT2D eigenvalue weighted by molar-refractivity contribution is 5.74. The van der Waals surface area contributed by atoms with Gasteiger partial charge in [-0.15, -0.1) is 0 Å². The zero-order chi connectivity index (χ0) is 56.1. The molecule has 0 aromatic carbocycles. The van der Waals surface area contributed by atoms with Crippen LogP contribution in [0.25, 0.3) is 0 Å². The number of carbonyl (C=O) groups is 4. The van der Waals surface area contributed by atoms with Gasteiger partial charge in [0.15, 0.2) is 24.6 Å². The van der Waals surface area contributed by atoms with Crippen molar-refractivity contribution >= 4 is 23.9 Å². The highest BCUT2D eigenvalue weighted by atomic mass is 16.7. The second-order valence-corrected chi connectivity index (χ2v) is 22.8. The molecule has 0 aliphatic carbocycles. The first-order valence-electron chi connectivity index (χ1n) is 32.7. The molecule has 0 radical (unpaired) electrons. The number of esters is 3. The van der Waals surface area contributed by atoms with E-state index in [-0.39, 0.29) is 25.9 Å². The molecule has 1 aliphatic heterocycles. The second kappa shape index (κ2) is 54.1. The average Bonchev–Trinajstić information content (AvgIpc) is 3.42. The van der Waals surface area contributed by atoms with Crippen LogP contribution in [0.15, 0.2) is 12.2 Å². The molecule has 77 heavy (non-hydrogen) atoms. The SMILES string of the molecule is CCCCCCCC/C=C\CCCCCCCCCC(=O)OC(COC(=O)CCCCCCCCCCCCCCCCCCCCC)COC1OC(C(=O)O)C(O)C(O)C1OC(=O)CCCCCCCCCCCCC. The number of carboxylic acids is 1. The van der Waals surface area contributed by atoms with E-state index in [4.69, 9.17) is 23.7 Å². The summed E-state index contributed by atoms with van der Waals surface area (Å²) in [7, 11) is 0. The third-order valence-corrected chi connectivity index (χ3v) is 15.3. The number of allylic oxidation sites excluding steroid dienone is 2. The molecule has 6 unspecified atom stereocenters. The summed E-state index contributed by atoms with van der Waals surface area (Å²) in [6, 6.07) is 0. The Bertz CT molecular complexity index is 1390. The van der Waals surface area contributed by atoms with Gasteiger partial charge in [0.2, 0.25) is 0 Å². The van der Waals surface area contributed by atoms with Crippen LogP contribution < -0.4 is 0 Å². The van der Waals surface area contributed by atoms with Crippen molar-refractivity contribution < 1.29 is 58.2 Å². The predicted octanol–water partition coefficient (Wildman–Crippen LogP) is 17.2. The Kier molecular flexibility index (Phi) is 50.9. The van der Waals surface area contributed by atoms with Gasteiger partial charge in [-0.1, -0.05) is 277 Å². The molecular formula is C65H120O12. The van der Waals surface area contributed by atoms with Crippen molar-refractivity contribution in [3.05, 3.63) is 12.2 Å². The van der Waals surface area contributed by atoms with Gasteiger partial charge in [0.1, 0.15) is 18.8 Å². The van der Waals surface area contributed by atoms with E-state index in [1.165, 1.54) is 193 Å². The number of aliphatic hydroxyl groups excluding tert-OH is 2. The van der Waals surface area contributed by atoms with Crippen LogP contribution in [0.3, 0.4) is 0 Å². The van der Waals surface area contributed by atoms with Crippen LogP contribution in [0.4, 0.5) is 0 Å². The maximum Gasteiger partial charge on any atom is 0.335 e. The molecule has 0 aromatic heterocycles. The summed E-state index contributed by atoms with van der Waals surface area (Å²) in [5.41, 5.74) is 0. The quantitative estimate of drug-likeness (QED) is 0.0228. The monoisotopic (exact) mass is 1090 g/mol. The topological polar surface area (TPSA) is 175 Å². The minimum atomic E-state index is -1.90. The lowest BCUT2D eigenvalue weighted by Crippen LogP contribution is -2.61. The Hall–Kier alpha value is -2.54. The maximum atomic E-state index is 13.2. The van der Waals surface area contributed by atoms with Gasteiger partial charge in [0.05, 0.1) is 6.61 Å². The van der Waals surface area contributed by atoms with Crippen molar-refractivity contribution in [3.8, 4) is 0 Å². The van der Waals surface area contributed by atoms with Gasteiger partial charge >= 0.3 is 23.9 Å². The summed E-state index contributed by atoms with van der Waals surface area (Å²) in [5.74, 6) is -3.08. The van der Waals surface area contributed by atoms with Gasteiger partial charge in [-0.05, 0) is 44.9 Å². The summed E-state index contributed by atoms with van der Waals surface area (Å²) in [5, 5.41) is 31.5. The Morgan fingerprint density at radius 3 is 1.10 bits per heavy atom. The first-order chi connectivity index (χ1) is 37.6. The zero-order valence-electron chi connectivity index (χ0n) is 50.0. The van der Waals surface area contributed by atoms with Crippen molar-refractivity contribution in [2.24, 2.45) is 0 Å². The fourth-order valence-electron chi connectivity index (χ4n) is 10.3. The fourth-order valence-corrected chi connectivity index (χ4v) is 10.3. The van der Waals surface area contributed by atoms with Crippen molar-refractivity contribution in [3.63, 3.8) is 0 Å². The van der Waals surface area contributed by atoms with E-state index in [9.17, 15) is 34.5 Å². The largest absolute Gasteiger partial charge is 0.479 e. The van der Waals surface area contributed by atoms with Gasteiger partial charge in [0, 0.05) is 19.3 Å². The molecule has 1 rings (SSSR count). The molecule has 1 fully saturated rings. The Morgan fingerprint density at radius 1 is 0.416 bits per heavy atom. The van der Waals surface area contributed by atoms with E-state index in [0.29, 0.717) is 19.3 Å². The predicted molar refractivity (Wildman–Crippen MR) is 313 cm³/mol. The van der Waals surface area contributed by atoms with Crippen molar-refractivity contribution in [2.75, 3.05) is 13.2 Å². The summed E-state index contributed by atoms with van der Waals surface area (Å²) in [6.45, 7) is 6.03. The normalized spacial score (nSPS) is 18.0. The highest BCUT2D eigenvalue weighted by Crippen LogP contribution is 2.27. The first-order valence-corrected chi connectivity index (χ1v) is 32.7. The number of ether oxygens (including phenoxy) is 5. The number of hydrogen-bond donors (Lipinski definition) is 3. The number of unbranched alkanes of at least 4 members (excludes halogenated alkanes) is 41.